The van der Waals surface area contributed by atoms with E-state index in [1.165, 1.54) is 19.3 Å². The third kappa shape index (κ3) is 2.44. The lowest BCUT2D eigenvalue weighted by atomic mass is 9.82. The van der Waals surface area contributed by atoms with E-state index in [1.54, 1.807) is 0 Å². The number of nitrogens with two attached hydrogens (primary N) is 1. The van der Waals surface area contributed by atoms with Gasteiger partial charge in [0.2, 0.25) is 0 Å². The summed E-state index contributed by atoms with van der Waals surface area (Å²) >= 11 is 0. The summed E-state index contributed by atoms with van der Waals surface area (Å²) < 4.78 is 0. The minimum atomic E-state index is 0.500. The van der Waals surface area contributed by atoms with E-state index in [2.05, 4.69) is 35.9 Å². The van der Waals surface area contributed by atoms with Gasteiger partial charge in [0.05, 0.1) is 5.69 Å². The lowest BCUT2D eigenvalue weighted by Gasteiger charge is -2.26. The normalized spacial score (nSPS) is 18.6. The average molecular weight is 233 g/mol. The Kier molecular flexibility index (Phi) is 3.67. The molecule has 0 saturated carbocycles. The summed E-state index contributed by atoms with van der Waals surface area (Å²) in [6.45, 7) is 7.39. The largest absolute Gasteiger partial charge is 0.356 e. The Hall–Kier alpha value is -1.09. The molecule has 0 amide bonds. The Morgan fingerprint density at radius 2 is 2.12 bits per heavy atom. The van der Waals surface area contributed by atoms with E-state index in [9.17, 15) is 0 Å². The van der Waals surface area contributed by atoms with E-state index >= 15 is 0 Å². The van der Waals surface area contributed by atoms with Crippen LogP contribution in [0.5, 0.6) is 0 Å². The van der Waals surface area contributed by atoms with Crippen molar-refractivity contribution in [3.05, 3.63) is 23.9 Å². The van der Waals surface area contributed by atoms with Crippen LogP contribution in [0.2, 0.25) is 0 Å². The molecule has 1 fully saturated rings. The van der Waals surface area contributed by atoms with Crippen LogP contribution in [0.4, 0.5) is 5.82 Å². The van der Waals surface area contributed by atoms with E-state index < -0.39 is 0 Å². The van der Waals surface area contributed by atoms with Crippen molar-refractivity contribution in [1.29, 1.82) is 0 Å². The van der Waals surface area contributed by atoms with Gasteiger partial charge in [-0.1, -0.05) is 19.9 Å². The summed E-state index contributed by atoms with van der Waals surface area (Å²) in [5.41, 5.74) is 7.12. The van der Waals surface area contributed by atoms with Crippen molar-refractivity contribution in [1.82, 2.24) is 4.98 Å². The molecule has 0 atom stereocenters. The van der Waals surface area contributed by atoms with Crippen LogP contribution >= 0.6 is 0 Å². The molecule has 0 aromatic carbocycles. The summed E-state index contributed by atoms with van der Waals surface area (Å²) in [5, 5.41) is 0. The van der Waals surface area contributed by atoms with Gasteiger partial charge in [0.15, 0.2) is 0 Å². The fraction of sp³-hybridized carbons (Fsp3) is 0.643. The highest BCUT2D eigenvalue weighted by molar-refractivity contribution is 5.41. The molecule has 1 aromatic heterocycles. The molecule has 2 heterocycles. The van der Waals surface area contributed by atoms with Crippen molar-refractivity contribution in [3.8, 4) is 0 Å². The maximum atomic E-state index is 5.64. The number of rotatable bonds is 4. The quantitative estimate of drug-likeness (QED) is 0.869. The molecular weight excluding hydrogens is 210 g/mol. The van der Waals surface area contributed by atoms with Gasteiger partial charge in [-0.05, 0) is 36.8 Å². The molecule has 2 N–H and O–H groups in total. The first-order valence-corrected chi connectivity index (χ1v) is 6.64. The Bertz CT molecular complexity index is 371. The Balaban J connectivity index is 2.14. The van der Waals surface area contributed by atoms with Gasteiger partial charge < -0.3 is 10.6 Å². The van der Waals surface area contributed by atoms with Crippen LogP contribution in [0.3, 0.4) is 0 Å². The lowest BCUT2D eigenvalue weighted by molar-refractivity contribution is 0.301. The minimum Gasteiger partial charge on any atom is -0.356 e. The summed E-state index contributed by atoms with van der Waals surface area (Å²) in [7, 11) is 0. The Morgan fingerprint density at radius 3 is 2.71 bits per heavy atom. The van der Waals surface area contributed by atoms with Crippen molar-refractivity contribution >= 4 is 5.82 Å². The molecule has 1 aromatic rings. The van der Waals surface area contributed by atoms with Crippen molar-refractivity contribution in [2.24, 2.45) is 11.1 Å². The second kappa shape index (κ2) is 5.05. The zero-order valence-corrected chi connectivity index (χ0v) is 10.9. The lowest BCUT2D eigenvalue weighted by Crippen LogP contribution is -2.26. The number of pyridine rings is 1. The number of aromatic nitrogens is 1. The number of hydrogen-bond donors (Lipinski definition) is 1. The van der Waals surface area contributed by atoms with Crippen LogP contribution in [-0.2, 0) is 6.54 Å². The van der Waals surface area contributed by atoms with Gasteiger partial charge in [-0.25, -0.2) is 4.98 Å². The monoisotopic (exact) mass is 233 g/mol. The van der Waals surface area contributed by atoms with E-state index in [0.29, 0.717) is 12.0 Å². The minimum absolute atomic E-state index is 0.500. The van der Waals surface area contributed by atoms with Crippen molar-refractivity contribution in [3.63, 3.8) is 0 Å². The first-order chi connectivity index (χ1) is 8.23. The first-order valence-electron chi connectivity index (χ1n) is 6.64. The molecule has 2 rings (SSSR count). The summed E-state index contributed by atoms with van der Waals surface area (Å²) in [6.07, 6.45) is 3.81. The molecule has 0 spiro atoms. The molecule has 3 nitrogen and oxygen atoms in total. The molecule has 3 heteroatoms. The average Bonchev–Trinajstić information content (AvgIpc) is 2.84. The first kappa shape index (κ1) is 12.4. The van der Waals surface area contributed by atoms with Gasteiger partial charge in [-0.3, -0.25) is 0 Å². The van der Waals surface area contributed by atoms with Crippen LogP contribution in [0, 0.1) is 5.41 Å². The van der Waals surface area contributed by atoms with Crippen molar-refractivity contribution in [2.75, 3.05) is 18.0 Å². The molecule has 17 heavy (non-hydrogen) atoms. The summed E-state index contributed by atoms with van der Waals surface area (Å²) in [5.74, 6) is 1.09. The second-order valence-electron chi connectivity index (χ2n) is 5.07. The van der Waals surface area contributed by atoms with Crippen LogP contribution in [-0.4, -0.2) is 18.1 Å². The zero-order chi connectivity index (χ0) is 12.3. The van der Waals surface area contributed by atoms with Crippen molar-refractivity contribution < 1.29 is 0 Å². The Morgan fingerprint density at radius 1 is 1.35 bits per heavy atom. The van der Waals surface area contributed by atoms with Crippen LogP contribution in [0.25, 0.3) is 0 Å². The predicted molar refractivity (Wildman–Crippen MR) is 72.0 cm³/mol. The molecular formula is C14H23N3. The number of anilines is 1. The maximum absolute atomic E-state index is 5.64. The Labute approximate surface area is 104 Å². The molecule has 1 saturated heterocycles. The van der Waals surface area contributed by atoms with Crippen LogP contribution < -0.4 is 10.6 Å². The smallest absolute Gasteiger partial charge is 0.128 e. The van der Waals surface area contributed by atoms with Gasteiger partial charge >= 0.3 is 0 Å². The molecule has 0 aliphatic carbocycles. The second-order valence-corrected chi connectivity index (χ2v) is 5.07. The molecule has 1 aliphatic heterocycles. The molecule has 1 aliphatic rings. The third-order valence-electron chi connectivity index (χ3n) is 4.26. The summed E-state index contributed by atoms with van der Waals surface area (Å²) in [4.78, 5) is 7.02. The van der Waals surface area contributed by atoms with Gasteiger partial charge in [-0.15, -0.1) is 0 Å². The SMILES string of the molecule is CCC1(CC)CCN(c2cccc(CN)n2)C1. The van der Waals surface area contributed by atoms with Crippen molar-refractivity contribution in [2.45, 2.75) is 39.7 Å². The van der Waals surface area contributed by atoms with E-state index in [1.807, 2.05) is 6.07 Å². The van der Waals surface area contributed by atoms with Crippen LogP contribution in [0.15, 0.2) is 18.2 Å². The predicted octanol–water partition coefficient (Wildman–Crippen LogP) is 2.56. The zero-order valence-electron chi connectivity index (χ0n) is 10.9. The highest BCUT2D eigenvalue weighted by Gasteiger charge is 2.35. The maximum Gasteiger partial charge on any atom is 0.128 e. The highest BCUT2D eigenvalue weighted by Crippen LogP contribution is 2.38. The standard InChI is InChI=1S/C14H23N3/c1-3-14(4-2)8-9-17(11-14)13-7-5-6-12(10-15)16-13/h5-7H,3-4,8-11,15H2,1-2H3. The number of nitrogens with zero attached hydrogens (tertiary/aromatic N) is 2. The van der Waals surface area contributed by atoms with E-state index in [0.717, 1.165) is 24.6 Å². The molecule has 0 radical (unpaired) electrons. The third-order valence-corrected chi connectivity index (χ3v) is 4.26. The number of hydrogen-bond acceptors (Lipinski definition) is 3. The van der Waals surface area contributed by atoms with Gasteiger partial charge in [-0.2, -0.15) is 0 Å². The van der Waals surface area contributed by atoms with Gasteiger partial charge in [0.25, 0.3) is 0 Å². The van der Waals surface area contributed by atoms with Crippen LogP contribution in [0.1, 0.15) is 38.8 Å². The van der Waals surface area contributed by atoms with E-state index in [-0.39, 0.29) is 0 Å². The molecule has 0 bridgehead atoms. The summed E-state index contributed by atoms with van der Waals surface area (Å²) in [6, 6.07) is 6.15. The van der Waals surface area contributed by atoms with Gasteiger partial charge in [0, 0.05) is 19.6 Å². The highest BCUT2D eigenvalue weighted by atomic mass is 15.2. The van der Waals surface area contributed by atoms with Gasteiger partial charge in [0.1, 0.15) is 5.82 Å². The topological polar surface area (TPSA) is 42.1 Å². The van der Waals surface area contributed by atoms with E-state index in [4.69, 9.17) is 5.73 Å². The fourth-order valence-corrected chi connectivity index (χ4v) is 2.71. The molecule has 94 valence electrons. The molecule has 0 unspecified atom stereocenters. The fourth-order valence-electron chi connectivity index (χ4n) is 2.71.